The molecule has 22 nitrogen and oxygen atoms in total. The summed E-state index contributed by atoms with van der Waals surface area (Å²) in [7, 11) is 8.50. The van der Waals surface area contributed by atoms with Crippen LogP contribution in [0, 0.1) is 17.8 Å². The Hall–Kier alpha value is -5.81. The van der Waals surface area contributed by atoms with Crippen molar-refractivity contribution in [2.75, 3.05) is 80.4 Å². The Morgan fingerprint density at radius 1 is 0.833 bits per heavy atom. The minimum Gasteiger partial charge on any atom is -0.480 e. The molecule has 3 aliphatic heterocycles. The van der Waals surface area contributed by atoms with Gasteiger partial charge in [0.05, 0.1) is 41.9 Å². The van der Waals surface area contributed by atoms with Crippen molar-refractivity contribution in [3.8, 4) is 0 Å². The molecule has 23 heteroatoms. The number of likely N-dealkylation sites (tertiary alicyclic amines) is 2. The van der Waals surface area contributed by atoms with E-state index in [0.29, 0.717) is 83.6 Å². The van der Waals surface area contributed by atoms with Crippen LogP contribution in [-0.4, -0.2) is 227 Å². The van der Waals surface area contributed by atoms with Crippen molar-refractivity contribution in [1.29, 1.82) is 0 Å². The number of imide groups is 1. The number of carboxylic acids is 2. The Kier molecular flexibility index (Phi) is 25.8. The van der Waals surface area contributed by atoms with Crippen molar-refractivity contribution in [2.45, 2.75) is 153 Å². The van der Waals surface area contributed by atoms with E-state index in [-0.39, 0.29) is 72.9 Å². The SMILES string of the molecule is CC[C@H](C)[C@@H]([C@H](CC(=O)N1CCC[C@H]1[C@H](OC)[C@@H](C)C(=O)N[C@@H](Cc1ccccc1)C(=O)O)OC)N(C)C(=O)[C@@H](N=C(N(C)C)N1CCN(C(=O)CCCCCN2C(=O)CC(SC[C@H](NC(C)=O)C(=O)O)C2=O)CC1)C(C)C. The second-order valence-electron chi connectivity index (χ2n) is 21.4. The maximum Gasteiger partial charge on any atom is 0.327 e. The zero-order valence-corrected chi connectivity index (χ0v) is 48.5. The fraction of sp³-hybridized carbons (Fsp3) is 0.709. The first-order valence-corrected chi connectivity index (χ1v) is 28.4. The smallest absolute Gasteiger partial charge is 0.327 e. The van der Waals surface area contributed by atoms with E-state index in [1.165, 1.54) is 18.9 Å². The van der Waals surface area contributed by atoms with E-state index < -0.39 is 77.3 Å². The number of carbonyl (C=O) groups excluding carboxylic acids is 7. The van der Waals surface area contributed by atoms with Crippen molar-refractivity contribution in [3.05, 3.63) is 35.9 Å². The molecule has 3 fully saturated rings. The van der Waals surface area contributed by atoms with E-state index in [0.717, 1.165) is 17.3 Å². The number of thioether (sulfide) groups is 1. The summed E-state index contributed by atoms with van der Waals surface area (Å²) in [6, 6.07) is 4.95. The number of nitrogens with zero attached hydrogens (tertiary/aromatic N) is 7. The van der Waals surface area contributed by atoms with Crippen LogP contribution in [-0.2, 0) is 59.0 Å². The number of nitrogens with one attached hydrogen (secondary N) is 2. The van der Waals surface area contributed by atoms with E-state index >= 15 is 0 Å². The Balaban J connectivity index is 1.35. The lowest BCUT2D eigenvalue weighted by molar-refractivity contribution is -0.147. The Bertz CT molecular complexity index is 2250. The van der Waals surface area contributed by atoms with Gasteiger partial charge in [-0.25, -0.2) is 14.6 Å². The maximum atomic E-state index is 14.8. The summed E-state index contributed by atoms with van der Waals surface area (Å²) in [4.78, 5) is 133. The van der Waals surface area contributed by atoms with Gasteiger partial charge in [0.1, 0.15) is 18.1 Å². The monoisotopic (exact) mass is 1110 g/mol. The van der Waals surface area contributed by atoms with Crippen LogP contribution in [0.15, 0.2) is 35.3 Å². The summed E-state index contributed by atoms with van der Waals surface area (Å²) < 4.78 is 12.0. The molecule has 4 rings (SSSR count). The lowest BCUT2D eigenvalue weighted by Crippen LogP contribution is -2.56. The molecule has 0 aromatic heterocycles. The summed E-state index contributed by atoms with van der Waals surface area (Å²) in [6.07, 6.45) is 2.55. The number of hydrogen-bond acceptors (Lipinski definition) is 13. The van der Waals surface area contributed by atoms with E-state index in [4.69, 9.17) is 14.5 Å². The zero-order valence-electron chi connectivity index (χ0n) is 47.7. The average molecular weight is 1110 g/mol. The highest BCUT2D eigenvalue weighted by Crippen LogP contribution is 2.31. The molecule has 78 heavy (non-hydrogen) atoms. The lowest BCUT2D eigenvalue weighted by atomic mass is 9.89. The molecule has 0 bridgehead atoms. The first kappa shape index (κ1) is 64.7. The number of unbranched alkanes of at least 4 members (excludes halogenated alkanes) is 2. The number of guanidine groups is 1. The molecule has 3 aliphatic rings. The number of piperazine rings is 1. The second kappa shape index (κ2) is 31.1. The molecule has 0 spiro atoms. The molecule has 10 atom stereocenters. The van der Waals surface area contributed by atoms with Gasteiger partial charge in [-0.1, -0.05) is 77.8 Å². The highest BCUT2D eigenvalue weighted by Gasteiger charge is 2.44. The average Bonchev–Trinajstić information content (AvgIpc) is 3.99. The summed E-state index contributed by atoms with van der Waals surface area (Å²) in [5.74, 6) is -5.05. The van der Waals surface area contributed by atoms with Gasteiger partial charge in [-0.2, -0.15) is 0 Å². The zero-order chi connectivity index (χ0) is 58.0. The van der Waals surface area contributed by atoms with Gasteiger partial charge in [-0.15, -0.1) is 11.8 Å². The third-order valence-electron chi connectivity index (χ3n) is 15.2. The number of aliphatic carboxylic acids is 2. The quantitative estimate of drug-likeness (QED) is 0.0389. The predicted octanol–water partition coefficient (Wildman–Crippen LogP) is 2.82. The number of amides is 7. The van der Waals surface area contributed by atoms with Gasteiger partial charge in [-0.3, -0.25) is 38.5 Å². The van der Waals surface area contributed by atoms with Gasteiger partial charge in [0, 0.05) is 107 Å². The van der Waals surface area contributed by atoms with Gasteiger partial charge in [-0.05, 0) is 43.1 Å². The number of ether oxygens (including phenoxy) is 2. The number of rotatable bonds is 29. The molecule has 7 amide bonds. The van der Waals surface area contributed by atoms with Crippen LogP contribution < -0.4 is 10.6 Å². The molecule has 3 heterocycles. The molecule has 0 radical (unpaired) electrons. The van der Waals surface area contributed by atoms with Gasteiger partial charge < -0.3 is 54.8 Å². The molecule has 3 saturated heterocycles. The number of hydrogen-bond donors (Lipinski definition) is 4. The first-order chi connectivity index (χ1) is 36.9. The number of aliphatic imine (C=N–C) groups is 1. The minimum atomic E-state index is -1.22. The topological polar surface area (TPSA) is 268 Å². The number of likely N-dealkylation sites (N-methyl/N-ethyl adjacent to an activating group) is 1. The van der Waals surface area contributed by atoms with Crippen molar-refractivity contribution >= 4 is 71.0 Å². The standard InChI is InChI=1S/C55H87N9O13S/c1-12-35(4)48(42(76-10)31-45(67)63-25-19-22-41(63)49(77-11)36(5)50(69)57-39(53(72)73)30-38-20-15-13-16-21-38)60(9)52(71)47(34(2)3)58-55(59(7)8)62-28-26-61(27-29-62)44(66)23-17-14-18-24-64-46(68)32-43(51(64)70)78-33-40(54(74)75)56-37(6)65/h13,15-16,20-21,34-36,39-43,47-49H,12,14,17-19,22-33H2,1-11H3,(H,56,65)(H,57,69)(H,72,73)(H,74,75)/t35-,36+,39-,40-,41-,42-,43?,47-,48-,49+/m0/s1. The van der Waals surface area contributed by atoms with E-state index in [9.17, 15) is 53.4 Å². The van der Waals surface area contributed by atoms with Crippen molar-refractivity contribution in [1.82, 2.24) is 40.0 Å². The third-order valence-corrected chi connectivity index (χ3v) is 16.5. The largest absolute Gasteiger partial charge is 0.480 e. The molecular weight excluding hydrogens is 1030 g/mol. The number of carbonyl (C=O) groups is 9. The van der Waals surface area contributed by atoms with Crippen LogP contribution in [0.2, 0.25) is 0 Å². The van der Waals surface area contributed by atoms with Crippen LogP contribution in [0.4, 0.5) is 0 Å². The summed E-state index contributed by atoms with van der Waals surface area (Å²) in [5, 5.41) is 23.7. The van der Waals surface area contributed by atoms with Gasteiger partial charge in [0.25, 0.3) is 0 Å². The Morgan fingerprint density at radius 3 is 2.04 bits per heavy atom. The molecule has 1 unspecified atom stereocenters. The van der Waals surface area contributed by atoms with Crippen LogP contribution in [0.5, 0.6) is 0 Å². The van der Waals surface area contributed by atoms with E-state index in [1.54, 1.807) is 43.0 Å². The molecule has 4 N–H and O–H groups in total. The third kappa shape index (κ3) is 17.9. The molecule has 1 aromatic carbocycles. The molecule has 1 aromatic rings. The van der Waals surface area contributed by atoms with Gasteiger partial charge in [0.15, 0.2) is 5.96 Å². The van der Waals surface area contributed by atoms with Crippen LogP contribution in [0.3, 0.4) is 0 Å². The normalized spacial score (nSPS) is 20.1. The van der Waals surface area contributed by atoms with E-state index in [2.05, 4.69) is 15.5 Å². The lowest BCUT2D eigenvalue weighted by Gasteiger charge is -2.41. The van der Waals surface area contributed by atoms with Gasteiger partial charge >= 0.3 is 11.9 Å². The molecule has 436 valence electrons. The second-order valence-corrected chi connectivity index (χ2v) is 22.6. The van der Waals surface area contributed by atoms with Crippen molar-refractivity contribution in [3.63, 3.8) is 0 Å². The predicted molar refractivity (Wildman–Crippen MR) is 295 cm³/mol. The highest BCUT2D eigenvalue weighted by atomic mass is 32.2. The van der Waals surface area contributed by atoms with E-state index in [1.807, 2.05) is 69.8 Å². The van der Waals surface area contributed by atoms with Crippen LogP contribution >= 0.6 is 11.8 Å². The van der Waals surface area contributed by atoms with Crippen LogP contribution in [0.1, 0.15) is 105 Å². The molecule has 0 saturated carbocycles. The van der Waals surface area contributed by atoms with Crippen molar-refractivity contribution < 1.29 is 62.8 Å². The van der Waals surface area contributed by atoms with Crippen molar-refractivity contribution in [2.24, 2.45) is 22.7 Å². The maximum absolute atomic E-state index is 14.8. The summed E-state index contributed by atoms with van der Waals surface area (Å²) >= 11 is 1.04. The number of benzene rings is 1. The Labute approximate surface area is 464 Å². The Morgan fingerprint density at radius 2 is 1.47 bits per heavy atom. The molecule has 0 aliphatic carbocycles. The summed E-state index contributed by atoms with van der Waals surface area (Å²) in [6.45, 7) is 13.3. The van der Waals surface area contributed by atoms with Crippen LogP contribution in [0.25, 0.3) is 0 Å². The fourth-order valence-electron chi connectivity index (χ4n) is 10.6. The highest BCUT2D eigenvalue weighted by molar-refractivity contribution is 8.00. The fourth-order valence-corrected chi connectivity index (χ4v) is 11.8. The number of carboxylic acid groups (broad SMARTS) is 2. The van der Waals surface area contributed by atoms with Gasteiger partial charge in [0.2, 0.25) is 41.4 Å². The number of methoxy groups -OCH3 is 2. The summed E-state index contributed by atoms with van der Waals surface area (Å²) in [5.41, 5.74) is 0.767. The molecular formula is C55H87N9O13S. The first-order valence-electron chi connectivity index (χ1n) is 27.4. The minimum absolute atomic E-state index is 0.00406.